The van der Waals surface area contributed by atoms with Crippen LogP contribution in [0.5, 0.6) is 0 Å². The average Bonchev–Trinajstić information content (AvgIpc) is 2.74. The van der Waals surface area contributed by atoms with E-state index in [-0.39, 0.29) is 0 Å². The van der Waals surface area contributed by atoms with Gasteiger partial charge in [-0.3, -0.25) is 4.98 Å². The van der Waals surface area contributed by atoms with Crippen LogP contribution in [0.1, 0.15) is 0 Å². The van der Waals surface area contributed by atoms with Crippen LogP contribution in [0.25, 0.3) is 22.2 Å². The van der Waals surface area contributed by atoms with Crippen LogP contribution in [-0.2, 0) is 0 Å². The molecular weight excluding hydrogens is 257 g/mol. The van der Waals surface area contributed by atoms with Crippen molar-refractivity contribution in [3.8, 4) is 11.1 Å². The normalized spacial score (nSPS) is 10.9. The third kappa shape index (κ3) is 1.99. The maximum absolute atomic E-state index is 5.96. The lowest BCUT2D eigenvalue weighted by Crippen LogP contribution is -1.82. The van der Waals surface area contributed by atoms with E-state index in [1.54, 1.807) is 18.5 Å². The number of nitrogens with zero attached hydrogens (tertiary/aromatic N) is 3. The molecule has 0 atom stereocenters. The molecule has 5 heteroatoms. The van der Waals surface area contributed by atoms with Gasteiger partial charge in [-0.25, -0.2) is 0 Å². The Morgan fingerprint density at radius 1 is 0.882 bits per heavy atom. The second kappa shape index (κ2) is 4.02. The minimum Gasteiger partial charge on any atom is -0.579 e. The molecule has 0 saturated carbocycles. The number of benzene rings is 1. The fourth-order valence-corrected chi connectivity index (χ4v) is 2.19. The monoisotopic (exact) mass is 262 g/mol. The molecule has 84 valence electrons. The number of rotatable bonds is 1. The van der Waals surface area contributed by atoms with Gasteiger partial charge in [-0.15, -0.1) is 6.20 Å². The van der Waals surface area contributed by atoms with Crippen LogP contribution in [0.2, 0.25) is 10.0 Å². The molecule has 0 aliphatic rings. The number of aromatic nitrogens is 3. The zero-order valence-electron chi connectivity index (χ0n) is 8.56. The molecule has 0 unspecified atom stereocenters. The van der Waals surface area contributed by atoms with Crippen molar-refractivity contribution in [3.05, 3.63) is 46.7 Å². The van der Waals surface area contributed by atoms with Gasteiger partial charge in [0.05, 0.1) is 11.0 Å². The van der Waals surface area contributed by atoms with Crippen LogP contribution >= 0.6 is 23.2 Å². The second-order valence-electron chi connectivity index (χ2n) is 3.63. The number of hydrogen-bond acceptors (Lipinski definition) is 2. The largest absolute Gasteiger partial charge is 0.579 e. The molecule has 17 heavy (non-hydrogen) atoms. The van der Waals surface area contributed by atoms with Crippen LogP contribution in [0.3, 0.4) is 0 Å². The van der Waals surface area contributed by atoms with E-state index in [1.165, 1.54) is 0 Å². The number of fused-ring (bicyclic) bond motifs is 1. The van der Waals surface area contributed by atoms with Gasteiger partial charge in [-0.1, -0.05) is 23.2 Å². The van der Waals surface area contributed by atoms with Gasteiger partial charge in [0.15, 0.2) is 0 Å². The quantitative estimate of drug-likeness (QED) is 0.673. The van der Waals surface area contributed by atoms with Gasteiger partial charge in [0, 0.05) is 21.8 Å². The zero-order valence-corrected chi connectivity index (χ0v) is 10.1. The first kappa shape index (κ1) is 10.6. The van der Waals surface area contributed by atoms with Crippen LogP contribution in [0, 0.1) is 0 Å². The molecule has 2 aromatic heterocycles. The van der Waals surface area contributed by atoms with Crippen LogP contribution in [-0.4, -0.2) is 10.1 Å². The summed E-state index contributed by atoms with van der Waals surface area (Å²) >= 11 is 11.9. The van der Waals surface area contributed by atoms with E-state index in [2.05, 4.69) is 15.2 Å². The van der Waals surface area contributed by atoms with E-state index in [4.69, 9.17) is 23.2 Å². The highest BCUT2D eigenvalue weighted by Crippen LogP contribution is 2.27. The standard InChI is InChI=1S/C12H6Cl2N3/c13-9-1-7(2-10(14)4-9)8-3-11-12(15-5-8)6-16-17-11/h1-6H/q-1. The van der Waals surface area contributed by atoms with E-state index in [0.29, 0.717) is 10.0 Å². The third-order valence-electron chi connectivity index (χ3n) is 2.44. The smallest absolute Gasteiger partial charge is 0.0661 e. The molecule has 2 heterocycles. The lowest BCUT2D eigenvalue weighted by Gasteiger charge is -2.03. The Morgan fingerprint density at radius 2 is 1.65 bits per heavy atom. The van der Waals surface area contributed by atoms with E-state index in [0.717, 1.165) is 22.2 Å². The topological polar surface area (TPSA) is 39.9 Å². The SMILES string of the molecule is Clc1cc(Cl)cc(-c2cnc3c[n-]nc3c2)c1. The molecule has 0 aliphatic carbocycles. The Hall–Kier alpha value is -1.58. The van der Waals surface area contributed by atoms with Crippen molar-refractivity contribution in [2.24, 2.45) is 0 Å². The maximum atomic E-state index is 5.96. The first-order valence-corrected chi connectivity index (χ1v) is 5.68. The molecule has 3 rings (SSSR count). The Kier molecular flexibility index (Phi) is 2.50. The van der Waals surface area contributed by atoms with Gasteiger partial charge in [-0.05, 0) is 29.8 Å². The summed E-state index contributed by atoms with van der Waals surface area (Å²) in [6.45, 7) is 0. The number of halogens is 2. The summed E-state index contributed by atoms with van der Waals surface area (Å²) in [7, 11) is 0. The van der Waals surface area contributed by atoms with Crippen molar-refractivity contribution >= 4 is 34.2 Å². The molecule has 0 amide bonds. The Labute approximate surface area is 107 Å². The van der Waals surface area contributed by atoms with Crippen LogP contribution in [0.15, 0.2) is 36.7 Å². The summed E-state index contributed by atoms with van der Waals surface area (Å²) in [5.41, 5.74) is 3.38. The van der Waals surface area contributed by atoms with Crippen molar-refractivity contribution in [3.63, 3.8) is 0 Å². The summed E-state index contributed by atoms with van der Waals surface area (Å²) < 4.78 is 0. The summed E-state index contributed by atoms with van der Waals surface area (Å²) in [4.78, 5) is 4.27. The number of hydrogen-bond donors (Lipinski definition) is 0. The first-order chi connectivity index (χ1) is 8.22. The van der Waals surface area contributed by atoms with E-state index < -0.39 is 0 Å². The lowest BCUT2D eigenvalue weighted by molar-refractivity contribution is 1.09. The van der Waals surface area contributed by atoms with Gasteiger partial charge in [0.2, 0.25) is 0 Å². The second-order valence-corrected chi connectivity index (χ2v) is 4.50. The predicted octanol–water partition coefficient (Wildman–Crippen LogP) is 3.56. The summed E-state index contributed by atoms with van der Waals surface area (Å²) in [5, 5.41) is 8.97. The van der Waals surface area contributed by atoms with Crippen molar-refractivity contribution < 1.29 is 0 Å². The summed E-state index contributed by atoms with van der Waals surface area (Å²) in [5.74, 6) is 0. The predicted molar refractivity (Wildman–Crippen MR) is 68.3 cm³/mol. The highest BCUT2D eigenvalue weighted by molar-refractivity contribution is 6.35. The Morgan fingerprint density at radius 3 is 2.41 bits per heavy atom. The van der Waals surface area contributed by atoms with Crippen molar-refractivity contribution in [1.29, 1.82) is 0 Å². The van der Waals surface area contributed by atoms with Crippen LogP contribution < -0.4 is 5.10 Å². The maximum Gasteiger partial charge on any atom is 0.0661 e. The fraction of sp³-hybridized carbons (Fsp3) is 0. The van der Waals surface area contributed by atoms with E-state index >= 15 is 0 Å². The molecule has 0 saturated heterocycles. The lowest BCUT2D eigenvalue weighted by atomic mass is 10.1. The van der Waals surface area contributed by atoms with Crippen molar-refractivity contribution in [1.82, 2.24) is 15.2 Å². The molecule has 0 fully saturated rings. The zero-order chi connectivity index (χ0) is 11.8. The number of pyridine rings is 1. The molecule has 0 bridgehead atoms. The summed E-state index contributed by atoms with van der Waals surface area (Å²) in [6, 6.07) is 7.29. The summed E-state index contributed by atoms with van der Waals surface area (Å²) in [6.07, 6.45) is 3.39. The van der Waals surface area contributed by atoms with Gasteiger partial charge in [-0.2, -0.15) is 0 Å². The molecule has 0 aliphatic heterocycles. The molecule has 1 aromatic carbocycles. The van der Waals surface area contributed by atoms with Crippen LogP contribution in [0.4, 0.5) is 0 Å². The van der Waals surface area contributed by atoms with E-state index in [9.17, 15) is 0 Å². The van der Waals surface area contributed by atoms with Crippen molar-refractivity contribution in [2.45, 2.75) is 0 Å². The van der Waals surface area contributed by atoms with E-state index in [1.807, 2.05) is 18.2 Å². The minimum atomic E-state index is 0.598. The van der Waals surface area contributed by atoms with Gasteiger partial charge < -0.3 is 10.2 Å². The third-order valence-corrected chi connectivity index (χ3v) is 2.88. The fourth-order valence-electron chi connectivity index (χ4n) is 1.67. The molecule has 3 aromatic rings. The molecule has 0 N–H and O–H groups in total. The van der Waals surface area contributed by atoms with Gasteiger partial charge in [0.25, 0.3) is 0 Å². The Balaban J connectivity index is 2.19. The van der Waals surface area contributed by atoms with Gasteiger partial charge >= 0.3 is 0 Å². The average molecular weight is 263 g/mol. The molecule has 0 spiro atoms. The highest BCUT2D eigenvalue weighted by atomic mass is 35.5. The first-order valence-electron chi connectivity index (χ1n) is 4.93. The molecule has 0 radical (unpaired) electrons. The molecular formula is C12H6Cl2N3-. The Bertz CT molecular complexity index is 671. The minimum absolute atomic E-state index is 0.598. The van der Waals surface area contributed by atoms with Crippen molar-refractivity contribution in [2.75, 3.05) is 0 Å². The van der Waals surface area contributed by atoms with Gasteiger partial charge in [0.1, 0.15) is 0 Å². The highest BCUT2D eigenvalue weighted by Gasteiger charge is 2.03. The molecule has 3 nitrogen and oxygen atoms in total.